The van der Waals surface area contributed by atoms with E-state index in [1.807, 2.05) is 12.1 Å². The van der Waals surface area contributed by atoms with E-state index in [4.69, 9.17) is 18.9 Å². The minimum absolute atomic E-state index is 0.312. The van der Waals surface area contributed by atoms with Gasteiger partial charge in [-0.15, -0.1) is 0 Å². The molecule has 1 saturated heterocycles. The molecule has 0 aliphatic carbocycles. The number of nitrogens with zero attached hydrogens (tertiary/aromatic N) is 4. The minimum Gasteiger partial charge on any atom is -0.493 e. The molecule has 1 fully saturated rings. The van der Waals surface area contributed by atoms with E-state index in [-0.39, 0.29) is 5.91 Å². The summed E-state index contributed by atoms with van der Waals surface area (Å²) in [6, 6.07) is 14.1. The average molecular weight is 516 g/mol. The molecule has 38 heavy (non-hydrogen) atoms. The van der Waals surface area contributed by atoms with Gasteiger partial charge in [-0.2, -0.15) is 0 Å². The molecule has 1 aliphatic heterocycles. The number of amides is 1. The van der Waals surface area contributed by atoms with E-state index in [9.17, 15) is 4.79 Å². The van der Waals surface area contributed by atoms with Gasteiger partial charge in [-0.25, -0.2) is 4.98 Å². The van der Waals surface area contributed by atoms with Crippen molar-refractivity contribution in [3.63, 3.8) is 0 Å². The van der Waals surface area contributed by atoms with Gasteiger partial charge < -0.3 is 24.3 Å². The molecule has 0 saturated carbocycles. The molecule has 1 aromatic carbocycles. The normalized spacial score (nSPS) is 13.7. The van der Waals surface area contributed by atoms with Gasteiger partial charge in [0.15, 0.2) is 11.5 Å². The van der Waals surface area contributed by atoms with Gasteiger partial charge in [0.2, 0.25) is 0 Å². The van der Waals surface area contributed by atoms with Crippen LogP contribution in [0.2, 0.25) is 0 Å². The molecule has 196 valence electrons. The lowest BCUT2D eigenvalue weighted by molar-refractivity contribution is 0.0357. The molecule has 1 N–H and O–H groups in total. The Hall–Kier alpha value is -4.28. The first-order valence-electron chi connectivity index (χ1n) is 12.5. The van der Waals surface area contributed by atoms with E-state index in [0.29, 0.717) is 41.1 Å². The number of fused-ring (bicyclic) bond motifs is 1. The van der Waals surface area contributed by atoms with Crippen molar-refractivity contribution in [3.05, 3.63) is 72.8 Å². The highest BCUT2D eigenvalue weighted by Gasteiger charge is 2.14. The molecule has 0 spiro atoms. The van der Waals surface area contributed by atoms with Crippen LogP contribution in [0.25, 0.3) is 10.9 Å². The Kier molecular flexibility index (Phi) is 8.22. The van der Waals surface area contributed by atoms with E-state index in [0.717, 1.165) is 50.2 Å². The second-order valence-corrected chi connectivity index (χ2v) is 8.64. The first kappa shape index (κ1) is 25.4. The Balaban J connectivity index is 1.24. The van der Waals surface area contributed by atoms with Crippen LogP contribution in [0.1, 0.15) is 16.9 Å². The maximum absolute atomic E-state index is 12.3. The second-order valence-electron chi connectivity index (χ2n) is 8.64. The summed E-state index contributed by atoms with van der Waals surface area (Å²) in [4.78, 5) is 27.5. The Labute approximate surface area is 220 Å². The van der Waals surface area contributed by atoms with Crippen LogP contribution in [0.4, 0.5) is 5.82 Å². The fraction of sp³-hybridized carbons (Fsp3) is 0.286. The van der Waals surface area contributed by atoms with Crippen LogP contribution in [0.15, 0.2) is 67.1 Å². The first-order valence-corrected chi connectivity index (χ1v) is 12.5. The van der Waals surface area contributed by atoms with Crippen LogP contribution >= 0.6 is 0 Å². The van der Waals surface area contributed by atoms with Crippen LogP contribution in [0.5, 0.6) is 23.0 Å². The van der Waals surface area contributed by atoms with Gasteiger partial charge in [0.1, 0.15) is 23.0 Å². The summed E-state index contributed by atoms with van der Waals surface area (Å²) >= 11 is 0. The molecule has 5 rings (SSSR count). The number of methoxy groups -OCH3 is 1. The van der Waals surface area contributed by atoms with E-state index in [1.54, 1.807) is 62.1 Å². The number of anilines is 1. The maximum atomic E-state index is 12.3. The Morgan fingerprint density at radius 2 is 1.89 bits per heavy atom. The third kappa shape index (κ3) is 6.34. The highest BCUT2D eigenvalue weighted by atomic mass is 16.5. The molecule has 0 unspecified atom stereocenters. The molecule has 1 amide bonds. The number of morpholine rings is 1. The second kappa shape index (κ2) is 12.3. The Bertz CT molecular complexity index is 1360. The monoisotopic (exact) mass is 515 g/mol. The average Bonchev–Trinajstić information content (AvgIpc) is 2.97. The predicted octanol–water partition coefficient (Wildman–Crippen LogP) is 4.18. The fourth-order valence-corrected chi connectivity index (χ4v) is 4.10. The van der Waals surface area contributed by atoms with Crippen LogP contribution in [-0.4, -0.2) is 72.3 Å². The van der Waals surface area contributed by atoms with Gasteiger partial charge in [0, 0.05) is 43.5 Å². The zero-order chi connectivity index (χ0) is 26.2. The zero-order valence-corrected chi connectivity index (χ0v) is 21.1. The van der Waals surface area contributed by atoms with Crippen molar-refractivity contribution in [3.8, 4) is 23.0 Å². The summed E-state index contributed by atoms with van der Waals surface area (Å²) in [5, 5.41) is 3.50. The number of hydrogen-bond donors (Lipinski definition) is 1. The number of benzene rings is 1. The number of nitrogens with one attached hydrogen (secondary N) is 1. The lowest BCUT2D eigenvalue weighted by Gasteiger charge is -2.26. The lowest BCUT2D eigenvalue weighted by Crippen LogP contribution is -2.37. The standard InChI is InChI=1S/C28H29N5O5/c1-35-25-17-21-23(18-26(25)37-14-4-11-33-12-15-36-16-13-33)30-10-8-24(21)38-20-6-7-27(31-19-20)32-28(34)22-5-2-3-9-29-22/h2-3,5-10,17-19H,4,11-16H2,1H3,(H,31,32,34). The number of rotatable bonds is 10. The third-order valence-electron chi connectivity index (χ3n) is 6.07. The van der Waals surface area contributed by atoms with Gasteiger partial charge in [-0.05, 0) is 42.8 Å². The van der Waals surface area contributed by atoms with Crippen LogP contribution in [-0.2, 0) is 4.74 Å². The summed E-state index contributed by atoms with van der Waals surface area (Å²) in [5.41, 5.74) is 1.03. The molecule has 0 bridgehead atoms. The SMILES string of the molecule is COc1cc2c(Oc3ccc(NC(=O)c4ccccn4)nc3)ccnc2cc1OCCCN1CCOCC1. The minimum atomic E-state index is -0.335. The third-order valence-corrected chi connectivity index (χ3v) is 6.07. The topological polar surface area (TPSA) is 108 Å². The van der Waals surface area contributed by atoms with Gasteiger partial charge in [0.05, 0.1) is 38.6 Å². The number of carbonyl (C=O) groups excluding carboxylic acids is 1. The molecule has 4 heterocycles. The molecule has 4 aromatic rings. The summed E-state index contributed by atoms with van der Waals surface area (Å²) < 4.78 is 23.2. The molecule has 0 atom stereocenters. The molecular weight excluding hydrogens is 486 g/mol. The molecular formula is C28H29N5O5. The van der Waals surface area contributed by atoms with Crippen molar-refractivity contribution in [2.45, 2.75) is 6.42 Å². The van der Waals surface area contributed by atoms with Crippen molar-refractivity contribution < 1.29 is 23.7 Å². The van der Waals surface area contributed by atoms with Crippen molar-refractivity contribution in [2.75, 3.05) is 51.9 Å². The summed E-state index contributed by atoms with van der Waals surface area (Å²) in [6.07, 6.45) is 5.70. The van der Waals surface area contributed by atoms with Crippen LogP contribution in [0.3, 0.4) is 0 Å². The van der Waals surface area contributed by atoms with Gasteiger partial charge in [0.25, 0.3) is 5.91 Å². The quantitative estimate of drug-likeness (QED) is 0.311. The smallest absolute Gasteiger partial charge is 0.275 e. The summed E-state index contributed by atoms with van der Waals surface area (Å²) in [7, 11) is 1.61. The summed E-state index contributed by atoms with van der Waals surface area (Å²) in [6.45, 7) is 5.05. The molecule has 10 nitrogen and oxygen atoms in total. The zero-order valence-electron chi connectivity index (χ0n) is 21.1. The van der Waals surface area contributed by atoms with Crippen molar-refractivity contribution >= 4 is 22.6 Å². The van der Waals surface area contributed by atoms with Gasteiger partial charge >= 0.3 is 0 Å². The van der Waals surface area contributed by atoms with E-state index >= 15 is 0 Å². The number of hydrogen-bond acceptors (Lipinski definition) is 9. The number of pyridine rings is 3. The number of ether oxygens (including phenoxy) is 4. The molecule has 1 aliphatic rings. The van der Waals surface area contributed by atoms with Gasteiger partial charge in [-0.3, -0.25) is 19.7 Å². The van der Waals surface area contributed by atoms with E-state index in [1.165, 1.54) is 0 Å². The van der Waals surface area contributed by atoms with Crippen molar-refractivity contribution in [1.82, 2.24) is 19.9 Å². The highest BCUT2D eigenvalue weighted by molar-refractivity contribution is 6.02. The summed E-state index contributed by atoms with van der Waals surface area (Å²) in [5.74, 6) is 2.41. The van der Waals surface area contributed by atoms with Crippen LogP contribution in [0, 0.1) is 0 Å². The number of aromatic nitrogens is 3. The van der Waals surface area contributed by atoms with Crippen molar-refractivity contribution in [1.29, 1.82) is 0 Å². The number of carbonyl (C=O) groups is 1. The maximum Gasteiger partial charge on any atom is 0.275 e. The molecule has 0 radical (unpaired) electrons. The Morgan fingerprint density at radius 3 is 2.66 bits per heavy atom. The molecule has 10 heteroatoms. The van der Waals surface area contributed by atoms with Crippen molar-refractivity contribution in [2.24, 2.45) is 0 Å². The first-order chi connectivity index (χ1) is 18.7. The van der Waals surface area contributed by atoms with Gasteiger partial charge in [-0.1, -0.05) is 6.07 Å². The van der Waals surface area contributed by atoms with Crippen LogP contribution < -0.4 is 19.5 Å². The highest BCUT2D eigenvalue weighted by Crippen LogP contribution is 2.37. The lowest BCUT2D eigenvalue weighted by atomic mass is 10.2. The van der Waals surface area contributed by atoms with E-state index < -0.39 is 0 Å². The fourth-order valence-electron chi connectivity index (χ4n) is 4.10. The predicted molar refractivity (Wildman–Crippen MR) is 142 cm³/mol. The molecule has 3 aromatic heterocycles. The van der Waals surface area contributed by atoms with E-state index in [2.05, 4.69) is 25.2 Å². The Morgan fingerprint density at radius 1 is 1.00 bits per heavy atom. The largest absolute Gasteiger partial charge is 0.493 e.